The van der Waals surface area contributed by atoms with Gasteiger partial charge < -0.3 is 0 Å². The van der Waals surface area contributed by atoms with E-state index in [2.05, 4.69) is 114 Å². The van der Waals surface area contributed by atoms with Gasteiger partial charge in [-0.15, -0.1) is 30.8 Å². The van der Waals surface area contributed by atoms with Crippen LogP contribution in [0.2, 0.25) is 0 Å². The van der Waals surface area contributed by atoms with Gasteiger partial charge in [-0.05, 0) is 101 Å². The van der Waals surface area contributed by atoms with E-state index in [9.17, 15) is 0 Å². The second kappa shape index (κ2) is 28.3. The molecule has 0 nitrogen and oxygen atoms in total. The molecule has 272 valence electrons. The van der Waals surface area contributed by atoms with Gasteiger partial charge in [0.2, 0.25) is 0 Å². The Morgan fingerprint density at radius 2 is 1.17 bits per heavy atom. The van der Waals surface area contributed by atoms with Gasteiger partial charge >= 0.3 is 0 Å². The van der Waals surface area contributed by atoms with E-state index in [1.165, 1.54) is 77.0 Å². The van der Waals surface area contributed by atoms with Crippen LogP contribution < -0.4 is 0 Å². The molecule has 0 amide bonds. The van der Waals surface area contributed by atoms with E-state index in [-0.39, 0.29) is 5.41 Å². The average molecular weight is 677 g/mol. The Balaban J connectivity index is -0.00000110. The zero-order valence-corrected chi connectivity index (χ0v) is 36.2. The van der Waals surface area contributed by atoms with E-state index in [1.807, 2.05) is 45.5 Å². The molecular weight excluding hydrogens is 593 g/mol. The predicted molar refractivity (Wildman–Crippen MR) is 223 cm³/mol. The summed E-state index contributed by atoms with van der Waals surface area (Å²) in [5, 5.41) is 0. The molecule has 0 bridgehead atoms. The Bertz CT molecular complexity index is 871. The van der Waals surface area contributed by atoms with E-state index < -0.39 is 0 Å². The van der Waals surface area contributed by atoms with Gasteiger partial charge in [0.25, 0.3) is 0 Å². The van der Waals surface area contributed by atoms with E-state index >= 15 is 0 Å². The average Bonchev–Trinajstić information content (AvgIpc) is 2.97. The first kappa shape index (κ1) is 49.9. The van der Waals surface area contributed by atoms with Crippen molar-refractivity contribution in [1.82, 2.24) is 0 Å². The van der Waals surface area contributed by atoms with Crippen molar-refractivity contribution < 1.29 is 0 Å². The van der Waals surface area contributed by atoms with E-state index in [0.717, 1.165) is 39.7 Å². The van der Waals surface area contributed by atoms with Crippen LogP contribution in [0.3, 0.4) is 0 Å². The first-order chi connectivity index (χ1) is 21.3. The quantitative estimate of drug-likeness (QED) is 0.0579. The third kappa shape index (κ3) is 28.5. The van der Waals surface area contributed by atoms with Crippen molar-refractivity contribution in [3.8, 4) is 12.3 Å². The van der Waals surface area contributed by atoms with Crippen molar-refractivity contribution in [1.29, 1.82) is 0 Å². The van der Waals surface area contributed by atoms with Crippen LogP contribution in [0.5, 0.6) is 0 Å². The molecule has 0 saturated carbocycles. The number of hydrogen-bond donors (Lipinski definition) is 1. The molecule has 0 aliphatic heterocycles. The zero-order chi connectivity index (χ0) is 36.5. The van der Waals surface area contributed by atoms with Crippen LogP contribution >= 0.6 is 24.4 Å². The van der Waals surface area contributed by atoms with Gasteiger partial charge in [-0.1, -0.05) is 167 Å². The Hall–Kier alpha value is -0.520. The number of allylic oxidation sites excluding steroid dienone is 6. The van der Waals surface area contributed by atoms with Crippen molar-refractivity contribution >= 4 is 24.4 Å². The smallest absolute Gasteiger partial charge is 0.00160 e. The number of hydrogen-bond acceptors (Lipinski definition) is 2. The van der Waals surface area contributed by atoms with E-state index in [4.69, 9.17) is 6.42 Å². The molecule has 46 heavy (non-hydrogen) atoms. The SMILES string of the molecule is C#C/C(C)=C(C)/C=C(\S)C(C)C.CC.CS/C(=C\CC(C)(CCC(C)CCCCC(C)C)CCC(C)CCCC(C)C)C(C)(C)C. The highest BCUT2D eigenvalue weighted by atomic mass is 32.2. The minimum absolute atomic E-state index is 0.272. The predicted octanol–water partition coefficient (Wildman–Crippen LogP) is 16.0. The van der Waals surface area contributed by atoms with Crippen LogP contribution in [0, 0.1) is 52.8 Å². The molecule has 3 atom stereocenters. The Kier molecular flexibility index (Phi) is 30.7. The largest absolute Gasteiger partial charge is 0.148 e. The summed E-state index contributed by atoms with van der Waals surface area (Å²) >= 11 is 6.31. The van der Waals surface area contributed by atoms with Crippen LogP contribution in [0.25, 0.3) is 0 Å². The van der Waals surface area contributed by atoms with Crippen LogP contribution in [0.15, 0.2) is 33.1 Å². The standard InChI is InChI=1S/C31H62S.C11H16S.C2H6/c1-25(2)15-12-13-17-27(5)19-22-31(10,24-21-29(32-11)30(7,8)9)23-20-28(6)18-14-16-26(3)4;1-6-9(4)10(5)7-11(12)8(2)3;1-2/h21,25-28H,12-20,22-24H2,1-11H3;1,7-8,12H,2-5H3;1-2H3/b29-21-;10-9+,11-7-;. The van der Waals surface area contributed by atoms with Crippen molar-refractivity contribution in [3.05, 3.63) is 33.1 Å². The van der Waals surface area contributed by atoms with Crippen molar-refractivity contribution in [3.63, 3.8) is 0 Å². The molecule has 0 rings (SSSR count). The molecule has 0 fully saturated rings. The molecule has 0 aliphatic carbocycles. The second-order valence-electron chi connectivity index (χ2n) is 16.5. The highest BCUT2D eigenvalue weighted by Gasteiger charge is 2.26. The molecule has 0 radical (unpaired) electrons. The lowest BCUT2D eigenvalue weighted by molar-refractivity contribution is 0.222. The second-order valence-corrected chi connectivity index (χ2v) is 17.9. The molecule has 0 aromatic carbocycles. The number of thioether (sulfide) groups is 1. The van der Waals surface area contributed by atoms with Gasteiger partial charge in [-0.25, -0.2) is 0 Å². The molecule has 0 spiro atoms. The molecular formula is C44H84S2. The summed E-state index contributed by atoms with van der Waals surface area (Å²) in [6.07, 6.45) is 28.8. The van der Waals surface area contributed by atoms with E-state index in [1.54, 1.807) is 4.91 Å². The van der Waals surface area contributed by atoms with Crippen LogP contribution in [0.4, 0.5) is 0 Å². The minimum Gasteiger partial charge on any atom is -0.148 e. The maximum absolute atomic E-state index is 5.26. The molecule has 0 aromatic rings. The minimum atomic E-state index is 0.272. The molecule has 0 N–H and O–H groups in total. The van der Waals surface area contributed by atoms with Gasteiger partial charge in [-0.2, -0.15) is 0 Å². The molecule has 0 aromatic heterocycles. The first-order valence-corrected chi connectivity index (χ1v) is 20.7. The third-order valence-corrected chi connectivity index (χ3v) is 11.1. The van der Waals surface area contributed by atoms with Crippen molar-refractivity contribution in [2.75, 3.05) is 6.26 Å². The molecule has 3 unspecified atom stereocenters. The summed E-state index contributed by atoms with van der Waals surface area (Å²) in [6, 6.07) is 0. The molecule has 0 heterocycles. The summed E-state index contributed by atoms with van der Waals surface area (Å²) in [5.41, 5.74) is 2.82. The van der Waals surface area contributed by atoms with Gasteiger partial charge in [0.15, 0.2) is 0 Å². The Morgan fingerprint density at radius 1 is 0.739 bits per heavy atom. The fourth-order valence-electron chi connectivity index (χ4n) is 5.37. The van der Waals surface area contributed by atoms with Gasteiger partial charge in [0.05, 0.1) is 0 Å². The monoisotopic (exact) mass is 677 g/mol. The lowest BCUT2D eigenvalue weighted by Crippen LogP contribution is -2.19. The summed E-state index contributed by atoms with van der Waals surface area (Å²) in [4.78, 5) is 2.64. The lowest BCUT2D eigenvalue weighted by atomic mass is 9.74. The van der Waals surface area contributed by atoms with Crippen molar-refractivity contribution in [2.24, 2.45) is 40.4 Å². The van der Waals surface area contributed by atoms with Crippen LogP contribution in [0.1, 0.15) is 188 Å². The Labute approximate surface area is 303 Å². The topological polar surface area (TPSA) is 0 Å². The highest BCUT2D eigenvalue weighted by molar-refractivity contribution is 8.02. The maximum Gasteiger partial charge on any atom is 0.00160 e. The highest BCUT2D eigenvalue weighted by Crippen LogP contribution is 2.41. The molecule has 2 heteroatoms. The normalized spacial score (nSPS) is 15.7. The van der Waals surface area contributed by atoms with Crippen LogP contribution in [-0.2, 0) is 0 Å². The zero-order valence-electron chi connectivity index (χ0n) is 34.5. The number of rotatable bonds is 20. The Morgan fingerprint density at radius 3 is 1.57 bits per heavy atom. The molecule has 0 saturated heterocycles. The fraction of sp³-hybridized carbons (Fsp3) is 0.818. The molecule has 0 aliphatic rings. The number of unbranched alkanes of at least 4 members (excludes halogenated alkanes) is 1. The summed E-state index contributed by atoms with van der Waals surface area (Å²) in [7, 11) is 0. The maximum atomic E-state index is 5.26. The summed E-state index contributed by atoms with van der Waals surface area (Å²) in [5.74, 6) is 6.52. The van der Waals surface area contributed by atoms with Gasteiger partial charge in [0.1, 0.15) is 0 Å². The van der Waals surface area contributed by atoms with Gasteiger partial charge in [-0.3, -0.25) is 0 Å². The number of terminal acetylenes is 1. The summed E-state index contributed by atoms with van der Waals surface area (Å²) < 4.78 is 0. The third-order valence-electron chi connectivity index (χ3n) is 9.19. The van der Waals surface area contributed by atoms with E-state index in [0.29, 0.717) is 11.3 Å². The van der Waals surface area contributed by atoms with Gasteiger partial charge in [0, 0.05) is 5.57 Å². The fourth-order valence-corrected chi connectivity index (χ4v) is 6.43. The van der Waals surface area contributed by atoms with Crippen LogP contribution in [-0.4, -0.2) is 6.26 Å². The number of thiol groups is 1. The first-order valence-electron chi connectivity index (χ1n) is 19.1. The summed E-state index contributed by atoms with van der Waals surface area (Å²) in [6.45, 7) is 36.3. The van der Waals surface area contributed by atoms with Crippen molar-refractivity contribution in [2.45, 2.75) is 188 Å². The lowest BCUT2D eigenvalue weighted by Gasteiger charge is -2.32.